The van der Waals surface area contributed by atoms with Crippen LogP contribution in [0.25, 0.3) is 0 Å². The Hall–Kier alpha value is -1.94. The van der Waals surface area contributed by atoms with Crippen molar-refractivity contribution < 1.29 is 80.2 Å². The van der Waals surface area contributed by atoms with E-state index < -0.39 is 97.5 Å². The normalized spacial score (nSPS) is 14.1. The molecular weight excluding hydrogens is 1220 g/mol. The molecule has 3 N–H and O–H groups in total. The monoisotopic (exact) mass is 1370 g/mol. The summed E-state index contributed by atoms with van der Waals surface area (Å²) in [7, 11) is -9.90. The largest absolute Gasteiger partial charge is 0.472 e. The van der Waals surface area contributed by atoms with E-state index in [-0.39, 0.29) is 25.7 Å². The molecule has 552 valence electrons. The van der Waals surface area contributed by atoms with E-state index in [1.807, 2.05) is 0 Å². The number of unbranched alkanes of at least 4 members (excludes halogenated alkanes) is 40. The predicted molar refractivity (Wildman–Crippen MR) is 377 cm³/mol. The first kappa shape index (κ1) is 91.1. The van der Waals surface area contributed by atoms with Crippen molar-refractivity contribution in [2.75, 3.05) is 39.6 Å². The average Bonchev–Trinajstić information content (AvgIpc) is 2.74. The maximum Gasteiger partial charge on any atom is 0.472 e. The first-order valence-electron chi connectivity index (χ1n) is 38.3. The van der Waals surface area contributed by atoms with Crippen LogP contribution in [0.3, 0.4) is 0 Å². The summed E-state index contributed by atoms with van der Waals surface area (Å²) in [5.41, 5.74) is 0. The summed E-state index contributed by atoms with van der Waals surface area (Å²) in [4.78, 5) is 72.6. The fraction of sp³-hybridized carbons (Fsp3) is 0.946. The maximum atomic E-state index is 13.1. The van der Waals surface area contributed by atoms with Crippen LogP contribution in [0.2, 0.25) is 0 Å². The zero-order valence-electron chi connectivity index (χ0n) is 60.7. The van der Waals surface area contributed by atoms with E-state index >= 15 is 0 Å². The zero-order chi connectivity index (χ0) is 68.7. The van der Waals surface area contributed by atoms with Crippen molar-refractivity contribution in [2.24, 2.45) is 17.8 Å². The van der Waals surface area contributed by atoms with Crippen LogP contribution in [-0.2, 0) is 65.4 Å². The van der Waals surface area contributed by atoms with Gasteiger partial charge in [0.25, 0.3) is 0 Å². The van der Waals surface area contributed by atoms with Crippen molar-refractivity contribution in [3.63, 3.8) is 0 Å². The third kappa shape index (κ3) is 68.4. The molecule has 0 aliphatic carbocycles. The number of aliphatic hydroxyl groups excluding tert-OH is 1. The van der Waals surface area contributed by atoms with Gasteiger partial charge in [0.15, 0.2) is 12.2 Å². The van der Waals surface area contributed by atoms with Gasteiger partial charge < -0.3 is 33.8 Å². The van der Waals surface area contributed by atoms with E-state index in [1.54, 1.807) is 0 Å². The Morgan fingerprint density at radius 1 is 0.290 bits per heavy atom. The number of esters is 4. The molecule has 17 nitrogen and oxygen atoms in total. The average molecular weight is 1370 g/mol. The zero-order valence-corrected chi connectivity index (χ0v) is 62.5. The summed E-state index contributed by atoms with van der Waals surface area (Å²) in [6.07, 6.45) is 50.2. The summed E-state index contributed by atoms with van der Waals surface area (Å²) in [5, 5.41) is 10.6. The molecule has 93 heavy (non-hydrogen) atoms. The molecule has 0 saturated carbocycles. The van der Waals surface area contributed by atoms with Gasteiger partial charge in [0, 0.05) is 25.7 Å². The Morgan fingerprint density at radius 2 is 0.495 bits per heavy atom. The van der Waals surface area contributed by atoms with Crippen LogP contribution in [0.15, 0.2) is 0 Å². The minimum atomic E-state index is -4.96. The Balaban J connectivity index is 5.20. The summed E-state index contributed by atoms with van der Waals surface area (Å²) in [6.45, 7) is 11.8. The second-order valence-electron chi connectivity index (χ2n) is 28.1. The number of hydrogen-bond donors (Lipinski definition) is 3. The summed E-state index contributed by atoms with van der Waals surface area (Å²) in [5.74, 6) is 0.173. The Labute approximate surface area is 568 Å². The lowest BCUT2D eigenvalue weighted by Gasteiger charge is -2.21. The highest BCUT2D eigenvalue weighted by Gasteiger charge is 2.30. The van der Waals surface area contributed by atoms with Gasteiger partial charge in [0.05, 0.1) is 26.4 Å². The van der Waals surface area contributed by atoms with Gasteiger partial charge >= 0.3 is 39.5 Å². The lowest BCUT2D eigenvalue weighted by atomic mass is 10.0. The van der Waals surface area contributed by atoms with Crippen molar-refractivity contribution in [3.8, 4) is 0 Å². The molecule has 0 saturated heterocycles. The number of phosphoric acid groups is 2. The molecule has 2 unspecified atom stereocenters. The molecule has 0 rings (SSSR count). The van der Waals surface area contributed by atoms with Crippen LogP contribution in [-0.4, -0.2) is 96.7 Å². The van der Waals surface area contributed by atoms with Crippen LogP contribution in [0.1, 0.15) is 376 Å². The van der Waals surface area contributed by atoms with Gasteiger partial charge in [-0.05, 0) is 43.4 Å². The van der Waals surface area contributed by atoms with Crippen LogP contribution in [0, 0.1) is 17.8 Å². The number of carbonyl (C=O) groups is 4. The van der Waals surface area contributed by atoms with Gasteiger partial charge in [-0.3, -0.25) is 37.3 Å². The summed E-state index contributed by atoms with van der Waals surface area (Å²) in [6, 6.07) is 0. The van der Waals surface area contributed by atoms with Crippen LogP contribution in [0.4, 0.5) is 0 Å². The van der Waals surface area contributed by atoms with E-state index in [1.165, 1.54) is 180 Å². The van der Waals surface area contributed by atoms with E-state index in [2.05, 4.69) is 48.5 Å². The molecule has 0 heterocycles. The number of carbonyl (C=O) groups excluding carboxylic acids is 4. The lowest BCUT2D eigenvalue weighted by Crippen LogP contribution is -2.30. The Morgan fingerprint density at radius 3 is 0.731 bits per heavy atom. The van der Waals surface area contributed by atoms with Crippen LogP contribution in [0.5, 0.6) is 0 Å². The molecule has 0 aromatic rings. The molecule has 0 aromatic heterocycles. The van der Waals surface area contributed by atoms with Gasteiger partial charge in [-0.25, -0.2) is 9.13 Å². The molecule has 5 atom stereocenters. The molecule has 0 aromatic carbocycles. The second kappa shape index (κ2) is 64.7. The molecule has 19 heteroatoms. The standard InChI is InChI=1S/C74H144O17P2/c1-8-9-10-11-12-34-41-48-55-71(76)84-61-70(91-74(79)58-51-44-37-30-33-40-47-54-67(6)7)64-89-93(82,83)87-60-68(75)59-86-92(80,81)88-63-69(62-85-72(77)56-49-42-35-28-24-20-17-16-19-23-27-32-39-46-53-66(4)5)90-73(78)57-50-43-36-29-25-21-15-13-14-18-22-26-31-38-45-52-65(2)3/h65-70,75H,8-64H2,1-7H3,(H,80,81)(H,82,83)/t68-,69-,70-/m1/s1. The SMILES string of the molecule is CCCCCCCCCCC(=O)OC[C@H](COP(=O)(O)OC[C@H](O)COP(=O)(O)OC[C@@H](COC(=O)CCCCCCCCCCCCCCCCC(C)C)OC(=O)CCCCCCCCCCCCCCCCCC(C)C)OC(=O)CCCCCCCCCC(C)C. The third-order valence-electron chi connectivity index (χ3n) is 17.1. The highest BCUT2D eigenvalue weighted by Crippen LogP contribution is 2.45. The number of aliphatic hydroxyl groups is 1. The van der Waals surface area contributed by atoms with E-state index in [9.17, 15) is 43.2 Å². The van der Waals surface area contributed by atoms with Crippen LogP contribution < -0.4 is 0 Å². The van der Waals surface area contributed by atoms with Gasteiger partial charge in [-0.15, -0.1) is 0 Å². The Kier molecular flexibility index (Phi) is 63.4. The number of phosphoric ester groups is 2. The van der Waals surface area contributed by atoms with E-state index in [4.69, 9.17) is 37.0 Å². The number of hydrogen-bond acceptors (Lipinski definition) is 15. The predicted octanol–water partition coefficient (Wildman–Crippen LogP) is 21.4. The minimum absolute atomic E-state index is 0.103. The minimum Gasteiger partial charge on any atom is -0.462 e. The highest BCUT2D eigenvalue weighted by molar-refractivity contribution is 7.47. The third-order valence-corrected chi connectivity index (χ3v) is 19.0. The number of ether oxygens (including phenoxy) is 4. The molecule has 0 aliphatic rings. The molecular formula is C74H144O17P2. The fourth-order valence-electron chi connectivity index (χ4n) is 11.2. The van der Waals surface area contributed by atoms with Crippen molar-refractivity contribution in [2.45, 2.75) is 394 Å². The molecule has 0 spiro atoms. The molecule has 0 fully saturated rings. The quantitative estimate of drug-likeness (QED) is 0.0222. The van der Waals surface area contributed by atoms with Gasteiger partial charge in [0.1, 0.15) is 19.3 Å². The molecule has 0 radical (unpaired) electrons. The molecule has 0 bridgehead atoms. The van der Waals surface area contributed by atoms with Crippen molar-refractivity contribution >= 4 is 39.5 Å². The van der Waals surface area contributed by atoms with Crippen molar-refractivity contribution in [1.82, 2.24) is 0 Å². The van der Waals surface area contributed by atoms with E-state index in [0.717, 1.165) is 108 Å². The second-order valence-corrected chi connectivity index (χ2v) is 31.0. The van der Waals surface area contributed by atoms with Gasteiger partial charge in [-0.1, -0.05) is 325 Å². The van der Waals surface area contributed by atoms with Crippen molar-refractivity contribution in [3.05, 3.63) is 0 Å². The summed E-state index contributed by atoms with van der Waals surface area (Å²) < 4.78 is 68.3. The first-order valence-corrected chi connectivity index (χ1v) is 41.3. The van der Waals surface area contributed by atoms with Gasteiger partial charge in [-0.2, -0.15) is 0 Å². The van der Waals surface area contributed by atoms with Crippen LogP contribution >= 0.6 is 15.6 Å². The van der Waals surface area contributed by atoms with Crippen molar-refractivity contribution in [1.29, 1.82) is 0 Å². The molecule has 0 aliphatic heterocycles. The number of rotatable bonds is 72. The maximum absolute atomic E-state index is 13.1. The Bertz CT molecular complexity index is 1820. The lowest BCUT2D eigenvalue weighted by molar-refractivity contribution is -0.161. The van der Waals surface area contributed by atoms with E-state index in [0.29, 0.717) is 31.6 Å². The van der Waals surface area contributed by atoms with Gasteiger partial charge in [0.2, 0.25) is 0 Å². The highest BCUT2D eigenvalue weighted by atomic mass is 31.2. The topological polar surface area (TPSA) is 237 Å². The first-order chi connectivity index (χ1) is 44.7. The fourth-order valence-corrected chi connectivity index (χ4v) is 12.8. The summed E-state index contributed by atoms with van der Waals surface area (Å²) >= 11 is 0. The smallest absolute Gasteiger partial charge is 0.462 e. The molecule has 0 amide bonds.